The Morgan fingerprint density at radius 1 is 1.56 bits per heavy atom. The van der Waals surface area contributed by atoms with Gasteiger partial charge < -0.3 is 10.4 Å². The van der Waals surface area contributed by atoms with Crippen LogP contribution in [0.25, 0.3) is 0 Å². The lowest BCUT2D eigenvalue weighted by molar-refractivity contribution is -0.118. The van der Waals surface area contributed by atoms with Gasteiger partial charge in [-0.05, 0) is 44.0 Å². The molecule has 3 rings (SSSR count). The summed E-state index contributed by atoms with van der Waals surface area (Å²) in [7, 11) is 0. The second-order valence-electron chi connectivity index (χ2n) is 7.04. The van der Waals surface area contributed by atoms with Crippen LogP contribution in [0, 0.1) is 0 Å². The van der Waals surface area contributed by atoms with E-state index >= 15 is 0 Å². The molecular weight excluding hydrogens is 338 g/mol. The van der Waals surface area contributed by atoms with Gasteiger partial charge in [-0.15, -0.1) is 11.8 Å². The van der Waals surface area contributed by atoms with Crippen molar-refractivity contribution in [2.45, 2.75) is 49.2 Å². The van der Waals surface area contributed by atoms with Gasteiger partial charge in [0.1, 0.15) is 11.6 Å². The number of hydrogen-bond donors (Lipinski definition) is 2. The van der Waals surface area contributed by atoms with Crippen LogP contribution in [-0.4, -0.2) is 57.7 Å². The van der Waals surface area contributed by atoms with E-state index in [4.69, 9.17) is 0 Å². The fourth-order valence-electron chi connectivity index (χ4n) is 3.72. The number of nitrogens with zero attached hydrogens (tertiary/aromatic N) is 2. The van der Waals surface area contributed by atoms with E-state index in [1.165, 1.54) is 6.92 Å². The zero-order valence-electron chi connectivity index (χ0n) is 14.7. The highest BCUT2D eigenvalue weighted by Gasteiger charge is 2.46. The van der Waals surface area contributed by atoms with Gasteiger partial charge in [-0.3, -0.25) is 14.5 Å². The highest BCUT2D eigenvalue weighted by Crippen LogP contribution is 2.49. The summed E-state index contributed by atoms with van der Waals surface area (Å²) < 4.78 is -0.357. The van der Waals surface area contributed by atoms with Crippen LogP contribution in [0.2, 0.25) is 0 Å². The molecule has 3 unspecified atom stereocenters. The number of anilines is 1. The minimum Gasteiger partial charge on any atom is -0.392 e. The summed E-state index contributed by atoms with van der Waals surface area (Å²) in [6, 6.07) is 3.81. The minimum absolute atomic E-state index is 0.0490. The first-order valence-corrected chi connectivity index (χ1v) is 9.61. The average Bonchev–Trinajstić information content (AvgIpc) is 2.82. The number of thioether (sulfide) groups is 1. The molecule has 2 aliphatic rings. The SMILES string of the molecule is CC(=O)Nc1cc(C2(CN3CCCC(O)C3)CC(=O)C(C)S2)ccn1. The Bertz CT molecular complexity index is 669. The van der Waals surface area contributed by atoms with E-state index in [1.54, 1.807) is 18.0 Å². The summed E-state index contributed by atoms with van der Waals surface area (Å²) in [6.45, 7) is 5.71. The highest BCUT2D eigenvalue weighted by molar-refractivity contribution is 8.02. The quantitative estimate of drug-likeness (QED) is 0.849. The molecule has 6 nitrogen and oxygen atoms in total. The molecule has 0 aromatic carbocycles. The molecule has 2 N–H and O–H groups in total. The molecule has 0 radical (unpaired) electrons. The monoisotopic (exact) mass is 363 g/mol. The first-order chi connectivity index (χ1) is 11.9. The largest absolute Gasteiger partial charge is 0.392 e. The summed E-state index contributed by atoms with van der Waals surface area (Å²) in [4.78, 5) is 30.1. The molecule has 1 aromatic rings. The van der Waals surface area contributed by atoms with Gasteiger partial charge in [-0.2, -0.15) is 0 Å². The summed E-state index contributed by atoms with van der Waals surface area (Å²) in [5.74, 6) is 0.595. The minimum atomic E-state index is -0.357. The van der Waals surface area contributed by atoms with Crippen LogP contribution < -0.4 is 5.32 Å². The molecule has 2 aliphatic heterocycles. The topological polar surface area (TPSA) is 82.5 Å². The van der Waals surface area contributed by atoms with Crippen LogP contribution in [-0.2, 0) is 14.3 Å². The van der Waals surface area contributed by atoms with E-state index in [2.05, 4.69) is 15.2 Å². The summed E-state index contributed by atoms with van der Waals surface area (Å²) in [5.41, 5.74) is 1.01. The van der Waals surface area contributed by atoms with Gasteiger partial charge in [0.2, 0.25) is 5.91 Å². The molecule has 0 aliphatic carbocycles. The van der Waals surface area contributed by atoms with Crippen molar-refractivity contribution in [1.29, 1.82) is 0 Å². The van der Waals surface area contributed by atoms with E-state index in [1.807, 2.05) is 19.1 Å². The first-order valence-electron chi connectivity index (χ1n) is 8.73. The molecule has 3 atom stereocenters. The Morgan fingerprint density at radius 3 is 3.00 bits per heavy atom. The number of aromatic nitrogens is 1. The van der Waals surface area contributed by atoms with Crippen molar-refractivity contribution in [2.75, 3.05) is 25.0 Å². The maximum absolute atomic E-state index is 12.4. The van der Waals surface area contributed by atoms with Crippen molar-refractivity contribution < 1.29 is 14.7 Å². The summed E-state index contributed by atoms with van der Waals surface area (Å²) >= 11 is 1.68. The zero-order chi connectivity index (χ0) is 18.0. The molecule has 136 valence electrons. The normalized spacial score (nSPS) is 30.4. The maximum atomic E-state index is 12.4. The standard InChI is InChI=1S/C18H25N3O3S/c1-12-16(24)9-18(25-12,11-21-7-3-4-15(23)10-21)14-5-6-19-17(8-14)20-13(2)22/h5-6,8,12,15,23H,3-4,7,9-11H2,1-2H3,(H,19,20,22). The number of aliphatic hydroxyl groups is 1. The number of aliphatic hydroxyl groups excluding tert-OH is 1. The van der Waals surface area contributed by atoms with Gasteiger partial charge in [0, 0.05) is 32.6 Å². The van der Waals surface area contributed by atoms with Gasteiger partial charge in [0.05, 0.1) is 16.1 Å². The van der Waals surface area contributed by atoms with Crippen LogP contribution in [0.3, 0.4) is 0 Å². The number of carbonyl (C=O) groups excluding carboxylic acids is 2. The Balaban J connectivity index is 1.89. The number of piperidine rings is 1. The van der Waals surface area contributed by atoms with Gasteiger partial charge in [0.15, 0.2) is 0 Å². The van der Waals surface area contributed by atoms with E-state index in [9.17, 15) is 14.7 Å². The third-order valence-corrected chi connectivity index (χ3v) is 6.44. The zero-order valence-corrected chi connectivity index (χ0v) is 15.5. The fraction of sp³-hybridized carbons (Fsp3) is 0.611. The van der Waals surface area contributed by atoms with Gasteiger partial charge in [-0.1, -0.05) is 0 Å². The third kappa shape index (κ3) is 4.22. The summed E-state index contributed by atoms with van der Waals surface area (Å²) in [5, 5.41) is 12.7. The molecular formula is C18H25N3O3S. The van der Waals surface area contributed by atoms with E-state index in [-0.39, 0.29) is 27.8 Å². The lowest BCUT2D eigenvalue weighted by atomic mass is 9.91. The van der Waals surface area contributed by atoms with Crippen LogP contribution in [0.5, 0.6) is 0 Å². The van der Waals surface area contributed by atoms with E-state index in [0.717, 1.165) is 24.9 Å². The molecule has 1 amide bonds. The number of ketones is 1. The van der Waals surface area contributed by atoms with Gasteiger partial charge in [0.25, 0.3) is 0 Å². The third-order valence-electron chi connectivity index (χ3n) is 4.87. The van der Waals surface area contributed by atoms with Crippen molar-refractivity contribution in [3.05, 3.63) is 23.9 Å². The number of amides is 1. The number of nitrogens with one attached hydrogen (secondary N) is 1. The second kappa shape index (κ2) is 7.43. The smallest absolute Gasteiger partial charge is 0.222 e. The molecule has 0 saturated carbocycles. The number of β-amino-alcohol motifs (C(OH)–C–C–N with tert-alkyl or cyclic N) is 1. The Hall–Kier alpha value is -1.44. The Labute approximate surface area is 152 Å². The van der Waals surface area contributed by atoms with E-state index in [0.29, 0.717) is 25.3 Å². The van der Waals surface area contributed by atoms with Crippen LogP contribution >= 0.6 is 11.8 Å². The van der Waals surface area contributed by atoms with Gasteiger partial charge in [-0.25, -0.2) is 4.98 Å². The van der Waals surface area contributed by atoms with Crippen LogP contribution in [0.15, 0.2) is 18.3 Å². The molecule has 0 bridgehead atoms. The lowest BCUT2D eigenvalue weighted by Crippen LogP contribution is -2.45. The van der Waals surface area contributed by atoms with Crippen molar-refractivity contribution in [1.82, 2.24) is 9.88 Å². The Kier molecular flexibility index (Phi) is 5.46. The molecule has 1 aromatic heterocycles. The molecule has 25 heavy (non-hydrogen) atoms. The number of rotatable bonds is 4. The van der Waals surface area contributed by atoms with Crippen molar-refractivity contribution >= 4 is 29.3 Å². The summed E-state index contributed by atoms with van der Waals surface area (Å²) in [6.07, 6.45) is 3.67. The Morgan fingerprint density at radius 2 is 2.36 bits per heavy atom. The van der Waals surface area contributed by atoms with Crippen molar-refractivity contribution in [3.63, 3.8) is 0 Å². The first kappa shape index (κ1) is 18.4. The molecule has 2 saturated heterocycles. The molecule has 7 heteroatoms. The molecule has 0 spiro atoms. The highest BCUT2D eigenvalue weighted by atomic mass is 32.2. The molecule has 3 heterocycles. The fourth-order valence-corrected chi connectivity index (χ4v) is 5.36. The van der Waals surface area contributed by atoms with Crippen LogP contribution in [0.1, 0.15) is 38.7 Å². The predicted octanol–water partition coefficient (Wildman–Crippen LogP) is 1.79. The second-order valence-corrected chi connectivity index (χ2v) is 8.76. The predicted molar refractivity (Wildman–Crippen MR) is 98.6 cm³/mol. The number of hydrogen-bond acceptors (Lipinski definition) is 6. The number of Topliss-reactive ketones (excluding diaryl/α,β-unsaturated/α-hetero) is 1. The number of carbonyl (C=O) groups is 2. The lowest BCUT2D eigenvalue weighted by Gasteiger charge is -2.38. The van der Waals surface area contributed by atoms with Crippen molar-refractivity contribution in [2.24, 2.45) is 0 Å². The number of pyridine rings is 1. The van der Waals surface area contributed by atoms with E-state index < -0.39 is 0 Å². The van der Waals surface area contributed by atoms with Crippen LogP contribution in [0.4, 0.5) is 5.82 Å². The van der Waals surface area contributed by atoms with Gasteiger partial charge >= 0.3 is 0 Å². The molecule has 2 fully saturated rings. The van der Waals surface area contributed by atoms with Crippen molar-refractivity contribution in [3.8, 4) is 0 Å². The number of likely N-dealkylation sites (tertiary alicyclic amines) is 1. The average molecular weight is 363 g/mol. The maximum Gasteiger partial charge on any atom is 0.222 e.